The molecular formula is C20H23NO3S. The summed E-state index contributed by atoms with van der Waals surface area (Å²) in [6, 6.07) is 14.0. The topological polar surface area (TPSA) is 75.1 Å². The van der Waals surface area contributed by atoms with Gasteiger partial charge in [0.25, 0.3) is 0 Å². The molecule has 2 rings (SSSR count). The largest absolute Gasteiger partial charge is 0.301 e. The number of benzene rings is 2. The normalized spacial score (nSPS) is 11.2. The van der Waals surface area contributed by atoms with Gasteiger partial charge in [0.05, 0.1) is 15.5 Å². The highest BCUT2D eigenvalue weighted by Crippen LogP contribution is 2.21. The molecule has 0 fully saturated rings. The SMILES string of the molecule is CCCCCCC(=N)C(=O)c1ccc(S(=O)(=O)c2ccccc2)cc1. The van der Waals surface area contributed by atoms with Crippen LogP contribution in [-0.2, 0) is 9.84 Å². The van der Waals surface area contributed by atoms with Crippen molar-refractivity contribution in [1.82, 2.24) is 0 Å². The van der Waals surface area contributed by atoms with Crippen molar-refractivity contribution in [2.24, 2.45) is 0 Å². The summed E-state index contributed by atoms with van der Waals surface area (Å²) in [5.41, 5.74) is 0.433. The van der Waals surface area contributed by atoms with Crippen LogP contribution in [0.1, 0.15) is 49.4 Å². The van der Waals surface area contributed by atoms with Gasteiger partial charge in [0, 0.05) is 5.56 Å². The summed E-state index contributed by atoms with van der Waals surface area (Å²) in [6.45, 7) is 2.11. The van der Waals surface area contributed by atoms with E-state index in [1.54, 1.807) is 30.3 Å². The third kappa shape index (κ3) is 4.86. The molecule has 5 heteroatoms. The van der Waals surface area contributed by atoms with Gasteiger partial charge in [-0.25, -0.2) is 8.42 Å². The maximum atomic E-state index is 12.5. The number of Topliss-reactive ketones (excluding diaryl/α,β-unsaturated/α-hetero) is 1. The molecule has 1 N–H and O–H groups in total. The first kappa shape index (κ1) is 19.1. The smallest absolute Gasteiger partial charge is 0.206 e. The van der Waals surface area contributed by atoms with Gasteiger partial charge in [-0.1, -0.05) is 44.4 Å². The molecule has 0 radical (unpaired) electrons. The summed E-state index contributed by atoms with van der Waals surface area (Å²) in [7, 11) is -3.59. The predicted octanol–water partition coefficient (Wildman–Crippen LogP) is 4.69. The first-order chi connectivity index (χ1) is 12.0. The van der Waals surface area contributed by atoms with Crippen molar-refractivity contribution in [3.8, 4) is 0 Å². The van der Waals surface area contributed by atoms with Gasteiger partial charge in [-0.15, -0.1) is 0 Å². The quantitative estimate of drug-likeness (QED) is 0.402. The summed E-state index contributed by atoms with van der Waals surface area (Å²) in [5.74, 6) is -0.333. The Balaban J connectivity index is 2.09. The molecule has 0 unspecified atom stereocenters. The Labute approximate surface area is 149 Å². The highest BCUT2D eigenvalue weighted by Gasteiger charge is 2.18. The highest BCUT2D eigenvalue weighted by atomic mass is 32.2. The van der Waals surface area contributed by atoms with Crippen molar-refractivity contribution in [2.75, 3.05) is 0 Å². The minimum absolute atomic E-state index is 0.0785. The number of ketones is 1. The van der Waals surface area contributed by atoms with Gasteiger partial charge in [-0.2, -0.15) is 0 Å². The predicted molar refractivity (Wildman–Crippen MR) is 99.2 cm³/mol. The maximum absolute atomic E-state index is 12.5. The number of rotatable bonds is 9. The van der Waals surface area contributed by atoms with E-state index in [9.17, 15) is 13.2 Å². The van der Waals surface area contributed by atoms with Crippen molar-refractivity contribution in [3.63, 3.8) is 0 Å². The van der Waals surface area contributed by atoms with Crippen LogP contribution in [0.2, 0.25) is 0 Å². The molecule has 0 amide bonds. The van der Waals surface area contributed by atoms with Crippen molar-refractivity contribution in [2.45, 2.75) is 48.8 Å². The van der Waals surface area contributed by atoms with E-state index in [0.717, 1.165) is 25.7 Å². The first-order valence-electron chi connectivity index (χ1n) is 8.49. The number of hydrogen-bond acceptors (Lipinski definition) is 4. The molecule has 0 atom stereocenters. The van der Waals surface area contributed by atoms with Gasteiger partial charge < -0.3 is 5.41 Å². The summed E-state index contributed by atoms with van der Waals surface area (Å²) in [5, 5.41) is 7.91. The van der Waals surface area contributed by atoms with Crippen molar-refractivity contribution < 1.29 is 13.2 Å². The molecule has 0 spiro atoms. The fraction of sp³-hybridized carbons (Fsp3) is 0.300. The number of hydrogen-bond donors (Lipinski definition) is 1. The Hall–Kier alpha value is -2.27. The van der Waals surface area contributed by atoms with Gasteiger partial charge in [-0.05, 0) is 49.2 Å². The standard InChI is InChI=1S/C20H23NO3S/c1-2-3-4-8-11-19(21)20(22)16-12-14-18(15-13-16)25(23,24)17-9-6-5-7-10-17/h5-7,9-10,12-15,21H,2-4,8,11H2,1H3. The lowest BCUT2D eigenvalue weighted by Crippen LogP contribution is -2.13. The van der Waals surface area contributed by atoms with Crippen LogP contribution >= 0.6 is 0 Å². The zero-order chi connectivity index (χ0) is 18.3. The van der Waals surface area contributed by atoms with E-state index in [1.807, 2.05) is 0 Å². The second-order valence-electron chi connectivity index (χ2n) is 5.96. The van der Waals surface area contributed by atoms with Crippen LogP contribution in [-0.4, -0.2) is 19.9 Å². The second kappa shape index (κ2) is 8.72. The minimum Gasteiger partial charge on any atom is -0.301 e. The minimum atomic E-state index is -3.59. The molecule has 0 aliphatic rings. The average Bonchev–Trinajstić information content (AvgIpc) is 2.65. The Morgan fingerprint density at radius 3 is 2.08 bits per heavy atom. The second-order valence-corrected chi connectivity index (χ2v) is 7.91. The number of sulfone groups is 1. The molecule has 0 saturated carbocycles. The number of carbonyl (C=O) groups is 1. The average molecular weight is 357 g/mol. The van der Waals surface area contributed by atoms with Gasteiger partial charge in [0.15, 0.2) is 0 Å². The zero-order valence-electron chi connectivity index (χ0n) is 14.4. The van der Waals surface area contributed by atoms with Gasteiger partial charge in [-0.3, -0.25) is 4.79 Å². The lowest BCUT2D eigenvalue weighted by atomic mass is 10.0. The van der Waals surface area contributed by atoms with Crippen LogP contribution in [0.25, 0.3) is 0 Å². The number of nitrogens with one attached hydrogen (secondary N) is 1. The van der Waals surface area contributed by atoms with Gasteiger partial charge in [0.1, 0.15) is 0 Å². The highest BCUT2D eigenvalue weighted by molar-refractivity contribution is 7.91. The van der Waals surface area contributed by atoms with E-state index in [0.29, 0.717) is 12.0 Å². The van der Waals surface area contributed by atoms with Crippen LogP contribution in [0.5, 0.6) is 0 Å². The monoisotopic (exact) mass is 357 g/mol. The number of unbranched alkanes of at least 4 members (excludes halogenated alkanes) is 3. The van der Waals surface area contributed by atoms with Crippen LogP contribution in [0.4, 0.5) is 0 Å². The zero-order valence-corrected chi connectivity index (χ0v) is 15.2. The van der Waals surface area contributed by atoms with Crippen LogP contribution in [0.15, 0.2) is 64.4 Å². The van der Waals surface area contributed by atoms with E-state index in [1.165, 1.54) is 24.3 Å². The van der Waals surface area contributed by atoms with Crippen LogP contribution < -0.4 is 0 Å². The van der Waals surface area contributed by atoms with E-state index in [-0.39, 0.29) is 21.3 Å². The van der Waals surface area contributed by atoms with Crippen molar-refractivity contribution in [1.29, 1.82) is 5.41 Å². The van der Waals surface area contributed by atoms with Gasteiger partial charge >= 0.3 is 0 Å². The molecule has 0 aliphatic heterocycles. The summed E-state index contributed by atoms with van der Waals surface area (Å²) < 4.78 is 25.0. The Kier molecular flexibility index (Phi) is 6.65. The van der Waals surface area contributed by atoms with E-state index in [2.05, 4.69) is 6.92 Å². The van der Waals surface area contributed by atoms with Crippen molar-refractivity contribution in [3.05, 3.63) is 60.2 Å². The van der Waals surface area contributed by atoms with E-state index >= 15 is 0 Å². The molecule has 0 aliphatic carbocycles. The molecule has 2 aromatic carbocycles. The molecule has 132 valence electrons. The third-order valence-electron chi connectivity index (χ3n) is 4.03. The Morgan fingerprint density at radius 1 is 0.880 bits per heavy atom. The Bertz CT molecular complexity index is 825. The molecule has 0 aromatic heterocycles. The maximum Gasteiger partial charge on any atom is 0.206 e. The summed E-state index contributed by atoms with van der Waals surface area (Å²) in [4.78, 5) is 12.6. The fourth-order valence-electron chi connectivity index (χ4n) is 2.54. The Morgan fingerprint density at radius 2 is 1.48 bits per heavy atom. The molecule has 4 nitrogen and oxygen atoms in total. The lowest BCUT2D eigenvalue weighted by molar-refractivity contribution is 0.106. The van der Waals surface area contributed by atoms with Crippen LogP contribution in [0.3, 0.4) is 0 Å². The van der Waals surface area contributed by atoms with E-state index in [4.69, 9.17) is 5.41 Å². The summed E-state index contributed by atoms with van der Waals surface area (Å²) >= 11 is 0. The van der Waals surface area contributed by atoms with Gasteiger partial charge in [0.2, 0.25) is 15.6 Å². The van der Waals surface area contributed by atoms with Crippen LogP contribution in [0, 0.1) is 5.41 Å². The fourth-order valence-corrected chi connectivity index (χ4v) is 3.82. The summed E-state index contributed by atoms with van der Waals surface area (Å²) in [6.07, 6.45) is 4.52. The molecule has 25 heavy (non-hydrogen) atoms. The molecular weight excluding hydrogens is 334 g/mol. The van der Waals surface area contributed by atoms with E-state index < -0.39 is 9.84 Å². The molecule has 2 aromatic rings. The first-order valence-corrected chi connectivity index (χ1v) is 9.97. The third-order valence-corrected chi connectivity index (χ3v) is 5.82. The lowest BCUT2D eigenvalue weighted by Gasteiger charge is -2.07. The molecule has 0 saturated heterocycles. The van der Waals surface area contributed by atoms with Crippen molar-refractivity contribution >= 4 is 21.3 Å². The number of carbonyl (C=O) groups excluding carboxylic acids is 1. The molecule has 0 bridgehead atoms. The molecule has 0 heterocycles.